The van der Waals surface area contributed by atoms with Crippen molar-refractivity contribution in [3.05, 3.63) is 0 Å². The minimum absolute atomic E-state index is 0.00600. The molecule has 25 nitrogen and oxygen atoms in total. The van der Waals surface area contributed by atoms with Crippen LogP contribution in [-0.4, -0.2) is 154 Å². The first-order valence-corrected chi connectivity index (χ1v) is 19.9. The van der Waals surface area contributed by atoms with Crippen LogP contribution in [0, 0.1) is 0 Å². The third-order valence-corrected chi connectivity index (χ3v) is 9.46. The summed E-state index contributed by atoms with van der Waals surface area (Å²) in [5.74, 6) is -9.43. The Labute approximate surface area is 343 Å². The van der Waals surface area contributed by atoms with Crippen LogP contribution in [0.25, 0.3) is 0 Å². The Balaban J connectivity index is 3.35. The number of thioether (sulfide) groups is 1. The van der Waals surface area contributed by atoms with E-state index in [4.69, 9.17) is 34.4 Å². The number of rotatable bonds is 28. The number of carbonyl (C=O) groups is 10. The molecule has 0 aromatic rings. The van der Waals surface area contributed by atoms with Crippen LogP contribution >= 0.6 is 11.8 Å². The minimum atomic E-state index is -1.73. The number of guanidine groups is 1. The molecule has 332 valence electrons. The van der Waals surface area contributed by atoms with Gasteiger partial charge in [-0.05, 0) is 57.0 Å². The number of aliphatic hydroxyl groups is 1. The molecule has 1 fully saturated rings. The Morgan fingerprint density at radius 1 is 0.712 bits per heavy atom. The average molecular weight is 860 g/mol. The van der Waals surface area contributed by atoms with Crippen molar-refractivity contribution < 1.29 is 58.2 Å². The molecule has 0 aromatic heterocycles. The highest BCUT2D eigenvalue weighted by molar-refractivity contribution is 7.98. The Morgan fingerprint density at radius 3 is 1.63 bits per heavy atom. The van der Waals surface area contributed by atoms with Crippen molar-refractivity contribution in [1.82, 2.24) is 31.5 Å². The van der Waals surface area contributed by atoms with Crippen LogP contribution in [0.4, 0.5) is 0 Å². The van der Waals surface area contributed by atoms with Crippen molar-refractivity contribution >= 4 is 76.9 Å². The lowest BCUT2D eigenvalue weighted by molar-refractivity contribution is -0.143. The summed E-state index contributed by atoms with van der Waals surface area (Å²) in [4.78, 5) is 132. The first-order chi connectivity index (χ1) is 27.7. The lowest BCUT2D eigenvalue weighted by Gasteiger charge is -2.29. The van der Waals surface area contributed by atoms with Crippen LogP contribution in [0.15, 0.2) is 4.99 Å². The largest absolute Gasteiger partial charge is 0.480 e. The Kier molecular flexibility index (Phi) is 22.8. The summed E-state index contributed by atoms with van der Waals surface area (Å²) >= 11 is 1.30. The van der Waals surface area contributed by atoms with E-state index >= 15 is 0 Å². The molecular weight excluding hydrogens is 803 g/mol. The van der Waals surface area contributed by atoms with E-state index in [-0.39, 0.29) is 69.7 Å². The SMILES string of the molecule is CSCC[C@H](NC(=O)[C@H](CCC(N)=O)NC(=O)[C@@H]1CCCN1C(=O)[C@@H](N)CC(N)=O)C(=O)N[C@@H](CCC(N)=O)C(=O)N[C@@H](CCCN=C(N)N)C(=O)N[C@@H](CO)C(=O)O. The summed E-state index contributed by atoms with van der Waals surface area (Å²) in [5, 5.41) is 30.7. The maximum absolute atomic E-state index is 13.8. The fraction of sp³-hybridized carbons (Fsp3) is 0.667. The summed E-state index contributed by atoms with van der Waals surface area (Å²) in [7, 11) is 0. The molecule has 0 saturated carbocycles. The van der Waals surface area contributed by atoms with Crippen molar-refractivity contribution in [3.63, 3.8) is 0 Å². The number of carboxylic acid groups (broad SMARTS) is 1. The topological polar surface area (TPSA) is 443 Å². The Hall–Kier alpha value is -5.76. The second-order valence-corrected chi connectivity index (χ2v) is 14.5. The number of nitrogens with zero attached hydrogens (tertiary/aromatic N) is 2. The number of aliphatic hydroxyl groups excluding tert-OH is 1. The van der Waals surface area contributed by atoms with E-state index in [2.05, 4.69) is 31.6 Å². The second-order valence-electron chi connectivity index (χ2n) is 13.5. The fourth-order valence-corrected chi connectivity index (χ4v) is 6.22. The quantitative estimate of drug-likeness (QED) is 0.0197. The zero-order valence-corrected chi connectivity index (χ0v) is 33.5. The first-order valence-electron chi connectivity index (χ1n) is 18.5. The van der Waals surface area contributed by atoms with Gasteiger partial charge in [-0.3, -0.25) is 48.1 Å². The van der Waals surface area contributed by atoms with Gasteiger partial charge in [0.2, 0.25) is 53.2 Å². The molecule has 7 atom stereocenters. The number of nitrogens with one attached hydrogen (secondary N) is 5. The highest BCUT2D eigenvalue weighted by Gasteiger charge is 2.39. The Morgan fingerprint density at radius 2 is 1.19 bits per heavy atom. The molecule has 1 aliphatic rings. The van der Waals surface area contributed by atoms with Crippen molar-refractivity contribution in [2.45, 2.75) is 107 Å². The summed E-state index contributed by atoms with van der Waals surface area (Å²) < 4.78 is 0. The summed E-state index contributed by atoms with van der Waals surface area (Å²) in [6.45, 7) is -0.848. The number of hydrogen-bond acceptors (Lipinski definition) is 14. The molecule has 19 N–H and O–H groups in total. The molecular formula is C33H57N13O12S. The molecule has 59 heavy (non-hydrogen) atoms. The number of hydrogen-bond donors (Lipinski definition) is 13. The average Bonchev–Trinajstić information content (AvgIpc) is 3.65. The molecule has 0 radical (unpaired) electrons. The summed E-state index contributed by atoms with van der Waals surface area (Å²) in [6.07, 6.45) is 0.220. The fourth-order valence-electron chi connectivity index (χ4n) is 5.75. The van der Waals surface area contributed by atoms with Gasteiger partial charge in [-0.2, -0.15) is 11.8 Å². The molecule has 1 rings (SSSR count). The summed E-state index contributed by atoms with van der Waals surface area (Å²) in [6, 6.07) is -9.99. The lowest BCUT2D eigenvalue weighted by Crippen LogP contribution is -2.60. The standard InChI is InChI=1S/C33H57N13O12S/c1-59-13-10-20(43-28(53)19(7-9-24(36)49)44-30(55)22-5-3-12-46(22)31(56)16(34)14-25(37)50)29(54)42-18(6-8-23(35)48)27(52)41-17(4-2-11-40-33(38)39)26(51)45-21(15-47)32(57)58/h16-22,47H,2-15,34H2,1H3,(H2,35,48)(H2,36,49)(H2,37,50)(H,41,52)(H,42,54)(H,43,53)(H,44,55)(H,45,51)(H,57,58)(H4,38,39,40)/t16-,17-,18-,19-,20-,21-,22-/m0/s1. The highest BCUT2D eigenvalue weighted by atomic mass is 32.2. The van der Waals surface area contributed by atoms with E-state index in [1.807, 2.05) is 0 Å². The van der Waals surface area contributed by atoms with Crippen molar-refractivity contribution in [2.75, 3.05) is 31.7 Å². The molecule has 0 spiro atoms. The van der Waals surface area contributed by atoms with Crippen molar-refractivity contribution in [3.8, 4) is 0 Å². The number of primary amides is 3. The zero-order chi connectivity index (χ0) is 44.8. The molecule has 9 amide bonds. The second kappa shape index (κ2) is 26.3. The van der Waals surface area contributed by atoms with E-state index in [9.17, 15) is 58.2 Å². The molecule has 1 heterocycles. The van der Waals surface area contributed by atoms with Gasteiger partial charge in [-0.15, -0.1) is 0 Å². The van der Waals surface area contributed by atoms with Gasteiger partial charge >= 0.3 is 5.97 Å². The molecule has 1 aliphatic heterocycles. The lowest BCUT2D eigenvalue weighted by atomic mass is 10.0. The Bertz CT molecular complexity index is 1560. The van der Waals surface area contributed by atoms with Gasteiger partial charge in [0.1, 0.15) is 36.3 Å². The van der Waals surface area contributed by atoms with E-state index in [0.717, 1.165) is 4.90 Å². The highest BCUT2D eigenvalue weighted by Crippen LogP contribution is 2.19. The van der Waals surface area contributed by atoms with Gasteiger partial charge in [0.15, 0.2) is 5.96 Å². The number of aliphatic imine (C=N–C) groups is 1. The zero-order valence-electron chi connectivity index (χ0n) is 32.7. The third kappa shape index (κ3) is 19.0. The molecule has 0 aromatic carbocycles. The van der Waals surface area contributed by atoms with Gasteiger partial charge in [-0.1, -0.05) is 0 Å². The number of carbonyl (C=O) groups excluding carboxylic acids is 9. The van der Waals surface area contributed by atoms with Crippen molar-refractivity contribution in [2.24, 2.45) is 39.4 Å². The van der Waals surface area contributed by atoms with Crippen LogP contribution in [0.1, 0.15) is 64.2 Å². The van der Waals surface area contributed by atoms with E-state index in [0.29, 0.717) is 6.42 Å². The monoisotopic (exact) mass is 859 g/mol. The van der Waals surface area contributed by atoms with Gasteiger partial charge in [0.25, 0.3) is 0 Å². The minimum Gasteiger partial charge on any atom is -0.480 e. The van der Waals surface area contributed by atoms with Gasteiger partial charge in [0.05, 0.1) is 19.1 Å². The number of carboxylic acids is 1. The van der Waals surface area contributed by atoms with Crippen LogP contribution in [0.2, 0.25) is 0 Å². The molecule has 0 unspecified atom stereocenters. The van der Waals surface area contributed by atoms with Crippen LogP contribution in [0.5, 0.6) is 0 Å². The van der Waals surface area contributed by atoms with E-state index in [1.54, 1.807) is 6.26 Å². The number of amides is 9. The molecule has 1 saturated heterocycles. The van der Waals surface area contributed by atoms with Crippen LogP contribution < -0.4 is 61.0 Å². The van der Waals surface area contributed by atoms with Gasteiger partial charge in [0, 0.05) is 25.9 Å². The van der Waals surface area contributed by atoms with Gasteiger partial charge in [-0.25, -0.2) is 4.79 Å². The summed E-state index contributed by atoms with van der Waals surface area (Å²) in [5.41, 5.74) is 32.3. The first kappa shape index (κ1) is 51.3. The predicted molar refractivity (Wildman–Crippen MR) is 211 cm³/mol. The van der Waals surface area contributed by atoms with E-state index in [1.165, 1.54) is 11.8 Å². The maximum atomic E-state index is 13.8. The van der Waals surface area contributed by atoms with Crippen LogP contribution in [0.3, 0.4) is 0 Å². The van der Waals surface area contributed by atoms with E-state index < -0.39 is 121 Å². The number of aliphatic carboxylic acids is 1. The third-order valence-electron chi connectivity index (χ3n) is 8.82. The number of likely N-dealkylation sites (tertiary alicyclic amines) is 1. The molecule has 0 bridgehead atoms. The predicted octanol–water partition coefficient (Wildman–Crippen LogP) is -6.98. The van der Waals surface area contributed by atoms with Gasteiger partial charge < -0.3 is 76.1 Å². The molecule has 26 heteroatoms. The molecule has 0 aliphatic carbocycles. The van der Waals surface area contributed by atoms with Crippen molar-refractivity contribution in [1.29, 1.82) is 0 Å². The smallest absolute Gasteiger partial charge is 0.328 e. The maximum Gasteiger partial charge on any atom is 0.328 e. The number of nitrogens with two attached hydrogens (primary N) is 6. The van der Waals surface area contributed by atoms with Crippen LogP contribution in [-0.2, 0) is 47.9 Å². The normalized spacial score (nSPS) is 16.5.